The minimum Gasteiger partial charge on any atom is -0.467 e. The second kappa shape index (κ2) is 8.22. The van der Waals surface area contributed by atoms with Gasteiger partial charge in [0.2, 0.25) is 11.9 Å². The van der Waals surface area contributed by atoms with E-state index in [4.69, 9.17) is 4.42 Å². The van der Waals surface area contributed by atoms with Gasteiger partial charge in [0.15, 0.2) is 0 Å². The molecule has 0 radical (unpaired) electrons. The highest BCUT2D eigenvalue weighted by molar-refractivity contribution is 5.78. The van der Waals surface area contributed by atoms with Crippen LogP contribution in [-0.2, 0) is 4.79 Å². The molecule has 3 heterocycles. The van der Waals surface area contributed by atoms with Crippen LogP contribution in [0.1, 0.15) is 18.7 Å². The van der Waals surface area contributed by atoms with Gasteiger partial charge >= 0.3 is 0 Å². The molecule has 0 unspecified atom stereocenters. The smallest absolute Gasteiger partial charge is 0.250 e. The Balaban J connectivity index is 1.31. The molecule has 146 valence electrons. The Labute approximate surface area is 162 Å². The van der Waals surface area contributed by atoms with Gasteiger partial charge in [-0.25, -0.2) is 0 Å². The first kappa shape index (κ1) is 18.2. The third kappa shape index (κ3) is 4.04. The molecule has 3 aromatic rings. The third-order valence-corrected chi connectivity index (χ3v) is 4.82. The predicted molar refractivity (Wildman–Crippen MR) is 103 cm³/mol. The number of nitrogens with zero attached hydrogens (tertiary/aromatic N) is 6. The van der Waals surface area contributed by atoms with Gasteiger partial charge in [0.05, 0.1) is 24.5 Å². The van der Waals surface area contributed by atoms with Crippen LogP contribution in [0.25, 0.3) is 5.69 Å². The molecule has 0 bridgehead atoms. The zero-order valence-electron chi connectivity index (χ0n) is 15.7. The Bertz CT molecular complexity index is 886. The van der Waals surface area contributed by atoms with Crippen LogP contribution in [0, 0.1) is 0 Å². The SMILES string of the molecule is C[C@H](NC(=O)CN1CCN(c2nnnn2-c2ccccc2)CC1)c1ccco1. The summed E-state index contributed by atoms with van der Waals surface area (Å²) in [4.78, 5) is 16.6. The number of anilines is 1. The summed E-state index contributed by atoms with van der Waals surface area (Å²) in [6.45, 7) is 5.33. The van der Waals surface area contributed by atoms with Gasteiger partial charge in [-0.3, -0.25) is 9.69 Å². The molecule has 0 saturated carbocycles. The van der Waals surface area contributed by atoms with Crippen LogP contribution >= 0.6 is 0 Å². The van der Waals surface area contributed by atoms with E-state index < -0.39 is 0 Å². The monoisotopic (exact) mass is 381 g/mol. The number of para-hydroxylation sites is 1. The molecule has 28 heavy (non-hydrogen) atoms. The average molecular weight is 381 g/mol. The number of hydrogen-bond donors (Lipinski definition) is 1. The van der Waals surface area contributed by atoms with Crippen LogP contribution in [0.4, 0.5) is 5.95 Å². The molecule has 1 saturated heterocycles. The van der Waals surface area contributed by atoms with E-state index in [2.05, 4.69) is 30.6 Å². The Hall–Kier alpha value is -3.20. The van der Waals surface area contributed by atoms with E-state index >= 15 is 0 Å². The molecule has 1 amide bonds. The van der Waals surface area contributed by atoms with Crippen molar-refractivity contribution < 1.29 is 9.21 Å². The van der Waals surface area contributed by atoms with Crippen molar-refractivity contribution in [3.63, 3.8) is 0 Å². The minimum atomic E-state index is -0.140. The van der Waals surface area contributed by atoms with E-state index in [9.17, 15) is 4.79 Å². The fourth-order valence-corrected chi connectivity index (χ4v) is 3.32. The highest BCUT2D eigenvalue weighted by Gasteiger charge is 2.24. The van der Waals surface area contributed by atoms with Crippen molar-refractivity contribution in [2.75, 3.05) is 37.6 Å². The number of tetrazole rings is 1. The van der Waals surface area contributed by atoms with Gasteiger partial charge in [0, 0.05) is 26.2 Å². The molecule has 4 rings (SSSR count). The largest absolute Gasteiger partial charge is 0.467 e. The lowest BCUT2D eigenvalue weighted by Gasteiger charge is -2.34. The number of rotatable bonds is 6. The number of furan rings is 1. The molecule has 1 aliphatic heterocycles. The molecule has 0 spiro atoms. The third-order valence-electron chi connectivity index (χ3n) is 4.82. The van der Waals surface area contributed by atoms with E-state index in [1.54, 1.807) is 10.9 Å². The van der Waals surface area contributed by atoms with Crippen LogP contribution < -0.4 is 10.2 Å². The second-order valence-electron chi connectivity index (χ2n) is 6.79. The Morgan fingerprint density at radius 2 is 1.93 bits per heavy atom. The summed E-state index contributed by atoms with van der Waals surface area (Å²) in [6.07, 6.45) is 1.61. The summed E-state index contributed by atoms with van der Waals surface area (Å²) in [5.74, 6) is 1.47. The normalized spacial score (nSPS) is 16.1. The van der Waals surface area contributed by atoms with Gasteiger partial charge in [-0.05, 0) is 41.6 Å². The summed E-state index contributed by atoms with van der Waals surface area (Å²) in [5, 5.41) is 15.1. The van der Waals surface area contributed by atoms with Gasteiger partial charge in [-0.15, -0.1) is 0 Å². The highest BCUT2D eigenvalue weighted by Crippen LogP contribution is 2.17. The van der Waals surface area contributed by atoms with Crippen LogP contribution in [-0.4, -0.2) is 63.7 Å². The Morgan fingerprint density at radius 3 is 2.64 bits per heavy atom. The van der Waals surface area contributed by atoms with Crippen molar-refractivity contribution in [3.8, 4) is 5.69 Å². The molecule has 1 N–H and O–H groups in total. The van der Waals surface area contributed by atoms with Crippen molar-refractivity contribution in [2.45, 2.75) is 13.0 Å². The maximum Gasteiger partial charge on any atom is 0.250 e. The van der Waals surface area contributed by atoms with Gasteiger partial charge < -0.3 is 14.6 Å². The summed E-state index contributed by atoms with van der Waals surface area (Å²) in [5.41, 5.74) is 0.927. The molecule has 1 aliphatic rings. The number of aromatic nitrogens is 4. The first-order valence-corrected chi connectivity index (χ1v) is 9.34. The molecule has 1 aromatic carbocycles. The molecule has 1 atom stereocenters. The van der Waals surface area contributed by atoms with E-state index in [1.165, 1.54) is 0 Å². The molecular formula is C19H23N7O2. The molecule has 9 heteroatoms. The van der Waals surface area contributed by atoms with E-state index in [0.717, 1.165) is 43.6 Å². The average Bonchev–Trinajstić information content (AvgIpc) is 3.41. The molecule has 0 aliphatic carbocycles. The predicted octanol–water partition coefficient (Wildman–Crippen LogP) is 1.25. The number of benzene rings is 1. The Morgan fingerprint density at radius 1 is 1.14 bits per heavy atom. The second-order valence-corrected chi connectivity index (χ2v) is 6.79. The van der Waals surface area contributed by atoms with Gasteiger partial charge in [-0.2, -0.15) is 4.68 Å². The van der Waals surface area contributed by atoms with Crippen molar-refractivity contribution in [3.05, 3.63) is 54.5 Å². The number of nitrogens with one attached hydrogen (secondary N) is 1. The number of amides is 1. The maximum absolute atomic E-state index is 12.3. The van der Waals surface area contributed by atoms with Crippen molar-refractivity contribution in [1.29, 1.82) is 0 Å². The summed E-state index contributed by atoms with van der Waals surface area (Å²) in [7, 11) is 0. The Kier molecular flexibility index (Phi) is 5.34. The fourth-order valence-electron chi connectivity index (χ4n) is 3.32. The first-order valence-electron chi connectivity index (χ1n) is 9.34. The number of carbonyl (C=O) groups excluding carboxylic acids is 1. The molecule has 2 aromatic heterocycles. The lowest BCUT2D eigenvalue weighted by atomic mass is 10.2. The van der Waals surface area contributed by atoms with Crippen LogP contribution in [0.15, 0.2) is 53.1 Å². The van der Waals surface area contributed by atoms with Gasteiger partial charge in [0.25, 0.3) is 0 Å². The molecule has 9 nitrogen and oxygen atoms in total. The van der Waals surface area contributed by atoms with Crippen molar-refractivity contribution in [1.82, 2.24) is 30.4 Å². The van der Waals surface area contributed by atoms with Gasteiger partial charge in [0.1, 0.15) is 5.76 Å². The van der Waals surface area contributed by atoms with Gasteiger partial charge in [-0.1, -0.05) is 23.3 Å². The lowest BCUT2D eigenvalue weighted by molar-refractivity contribution is -0.123. The standard InChI is InChI=1S/C19H23N7O2/c1-15(17-8-5-13-28-17)20-18(27)14-24-9-11-25(12-10-24)19-21-22-23-26(19)16-6-3-2-4-7-16/h2-8,13,15H,9-12,14H2,1H3,(H,20,27)/t15-/m0/s1. The number of piperazine rings is 1. The maximum atomic E-state index is 12.3. The summed E-state index contributed by atoms with van der Waals surface area (Å²) < 4.78 is 7.08. The van der Waals surface area contributed by atoms with Crippen molar-refractivity contribution in [2.24, 2.45) is 0 Å². The van der Waals surface area contributed by atoms with E-state index in [0.29, 0.717) is 6.54 Å². The zero-order valence-corrected chi connectivity index (χ0v) is 15.7. The lowest BCUT2D eigenvalue weighted by Crippen LogP contribution is -2.50. The number of carbonyl (C=O) groups is 1. The summed E-state index contributed by atoms with van der Waals surface area (Å²) in [6, 6.07) is 13.4. The fraction of sp³-hybridized carbons (Fsp3) is 0.368. The quantitative estimate of drug-likeness (QED) is 0.687. The molecular weight excluding hydrogens is 358 g/mol. The topological polar surface area (TPSA) is 92.3 Å². The zero-order chi connectivity index (χ0) is 19.3. The summed E-state index contributed by atoms with van der Waals surface area (Å²) >= 11 is 0. The first-order chi connectivity index (χ1) is 13.7. The van der Waals surface area contributed by atoms with Crippen LogP contribution in [0.5, 0.6) is 0 Å². The minimum absolute atomic E-state index is 0.00790. The van der Waals surface area contributed by atoms with Crippen LogP contribution in [0.3, 0.4) is 0 Å². The molecule has 1 fully saturated rings. The highest BCUT2D eigenvalue weighted by atomic mass is 16.3. The number of hydrogen-bond acceptors (Lipinski definition) is 7. The van der Waals surface area contributed by atoms with E-state index in [-0.39, 0.29) is 11.9 Å². The van der Waals surface area contributed by atoms with Crippen LogP contribution in [0.2, 0.25) is 0 Å². The van der Waals surface area contributed by atoms with E-state index in [1.807, 2.05) is 49.4 Å². The van der Waals surface area contributed by atoms with Crippen molar-refractivity contribution >= 4 is 11.9 Å².